The number of rotatable bonds is 4. The van der Waals surface area contributed by atoms with Crippen LogP contribution in [0.2, 0.25) is 0 Å². The van der Waals surface area contributed by atoms with Crippen LogP contribution in [0.1, 0.15) is 55.7 Å². The molecule has 6 nitrogen and oxygen atoms in total. The molecule has 4 N–H and O–H groups in total. The fourth-order valence-corrected chi connectivity index (χ4v) is 2.69. The van der Waals surface area contributed by atoms with Gasteiger partial charge in [0.2, 0.25) is 0 Å². The third-order valence-corrected chi connectivity index (χ3v) is 4.50. The third kappa shape index (κ3) is 3.56. The highest BCUT2D eigenvalue weighted by Gasteiger charge is 2.30. The lowest BCUT2D eigenvalue weighted by molar-refractivity contribution is 0.0887. The number of aromatic amines is 1. The van der Waals surface area contributed by atoms with E-state index in [1.54, 1.807) is 0 Å². The highest BCUT2D eigenvalue weighted by atomic mass is 16.1. The number of nitrogen functional groups attached to an aromatic ring is 1. The number of nitrogens with zero attached hydrogens (tertiary/aromatic N) is 2. The lowest BCUT2D eigenvalue weighted by Gasteiger charge is -2.37. The first-order chi connectivity index (χ1) is 9.82. The second-order valence-corrected chi connectivity index (χ2v) is 6.85. The molecular weight excluding hydrogens is 266 g/mol. The van der Waals surface area contributed by atoms with Crippen molar-refractivity contribution in [3.63, 3.8) is 0 Å². The Balaban J connectivity index is 1.96. The van der Waals surface area contributed by atoms with Crippen LogP contribution in [0.25, 0.3) is 0 Å². The van der Waals surface area contributed by atoms with Crippen molar-refractivity contribution < 1.29 is 4.79 Å². The normalized spacial score (nSPS) is 18.9. The zero-order valence-electron chi connectivity index (χ0n) is 13.5. The van der Waals surface area contributed by atoms with Gasteiger partial charge in [0, 0.05) is 6.54 Å². The Labute approximate surface area is 126 Å². The van der Waals surface area contributed by atoms with Gasteiger partial charge in [0.25, 0.3) is 5.91 Å². The van der Waals surface area contributed by atoms with Gasteiger partial charge in [-0.05, 0) is 44.3 Å². The number of carbonyl (C=O) groups excluding carboxylic acids is 1. The zero-order valence-corrected chi connectivity index (χ0v) is 13.5. The van der Waals surface area contributed by atoms with E-state index in [0.717, 1.165) is 31.6 Å². The van der Waals surface area contributed by atoms with E-state index in [2.05, 4.69) is 34.4 Å². The molecule has 118 valence electrons. The van der Waals surface area contributed by atoms with Crippen molar-refractivity contribution in [1.82, 2.24) is 20.4 Å². The van der Waals surface area contributed by atoms with Crippen LogP contribution >= 0.6 is 0 Å². The highest BCUT2D eigenvalue weighted by Crippen LogP contribution is 2.29. The number of likely N-dealkylation sites (tertiary alicyclic amines) is 1. The molecule has 0 atom stereocenters. The van der Waals surface area contributed by atoms with Gasteiger partial charge in [-0.1, -0.05) is 20.8 Å². The molecule has 6 heteroatoms. The maximum absolute atomic E-state index is 12.3. The molecule has 1 saturated heterocycles. The van der Waals surface area contributed by atoms with E-state index < -0.39 is 0 Å². The predicted molar refractivity (Wildman–Crippen MR) is 84.3 cm³/mol. The molecule has 1 amide bonds. The third-order valence-electron chi connectivity index (χ3n) is 4.50. The van der Waals surface area contributed by atoms with Crippen LogP contribution in [0.4, 0.5) is 5.69 Å². The van der Waals surface area contributed by atoms with Crippen molar-refractivity contribution >= 4 is 11.6 Å². The highest BCUT2D eigenvalue weighted by molar-refractivity contribution is 5.97. The Morgan fingerprint density at radius 2 is 2.10 bits per heavy atom. The van der Waals surface area contributed by atoms with Crippen LogP contribution in [-0.2, 0) is 0 Å². The number of anilines is 1. The summed E-state index contributed by atoms with van der Waals surface area (Å²) in [5.74, 6) is 0.0428. The van der Waals surface area contributed by atoms with Gasteiger partial charge in [0.15, 0.2) is 5.69 Å². The number of amides is 1. The molecule has 0 radical (unpaired) electrons. The van der Waals surface area contributed by atoms with Crippen LogP contribution in [0, 0.1) is 5.41 Å². The summed E-state index contributed by atoms with van der Waals surface area (Å²) in [7, 11) is 2.13. The molecule has 1 aliphatic rings. The number of carbonyl (C=O) groups is 1. The minimum Gasteiger partial charge on any atom is -0.395 e. The molecule has 1 aromatic heterocycles. The topological polar surface area (TPSA) is 87.0 Å². The quantitative estimate of drug-likeness (QED) is 0.786. The molecule has 1 aromatic rings. The average molecular weight is 293 g/mol. The van der Waals surface area contributed by atoms with Gasteiger partial charge in [0.05, 0.1) is 11.4 Å². The maximum Gasteiger partial charge on any atom is 0.273 e. The Bertz CT molecular complexity index is 500. The molecule has 0 unspecified atom stereocenters. The van der Waals surface area contributed by atoms with Gasteiger partial charge in [-0.15, -0.1) is 0 Å². The van der Waals surface area contributed by atoms with Crippen molar-refractivity contribution in [2.24, 2.45) is 5.41 Å². The van der Waals surface area contributed by atoms with Gasteiger partial charge in [-0.25, -0.2) is 0 Å². The second-order valence-electron chi connectivity index (χ2n) is 6.85. The van der Waals surface area contributed by atoms with Gasteiger partial charge in [0.1, 0.15) is 0 Å². The number of nitrogens with two attached hydrogens (primary N) is 1. The van der Waals surface area contributed by atoms with Crippen molar-refractivity contribution in [2.45, 2.75) is 39.5 Å². The fraction of sp³-hybridized carbons (Fsp3) is 0.733. The summed E-state index contributed by atoms with van der Waals surface area (Å²) in [5, 5.41) is 9.93. The van der Waals surface area contributed by atoms with Gasteiger partial charge in [-0.2, -0.15) is 5.10 Å². The molecule has 2 heterocycles. The summed E-state index contributed by atoms with van der Waals surface area (Å²) >= 11 is 0. The van der Waals surface area contributed by atoms with E-state index in [1.807, 2.05) is 13.8 Å². The van der Waals surface area contributed by atoms with E-state index in [4.69, 9.17) is 5.73 Å². The van der Waals surface area contributed by atoms with Crippen LogP contribution in [0.3, 0.4) is 0 Å². The summed E-state index contributed by atoms with van der Waals surface area (Å²) in [4.78, 5) is 14.6. The van der Waals surface area contributed by atoms with Gasteiger partial charge in [-0.3, -0.25) is 9.89 Å². The predicted octanol–water partition coefficient (Wildman–Crippen LogP) is 1.58. The summed E-state index contributed by atoms with van der Waals surface area (Å²) in [6.07, 6.45) is 2.19. The second kappa shape index (κ2) is 6.05. The lowest BCUT2D eigenvalue weighted by Crippen LogP contribution is -2.43. The maximum atomic E-state index is 12.3. The smallest absolute Gasteiger partial charge is 0.273 e. The van der Waals surface area contributed by atoms with Gasteiger partial charge < -0.3 is 16.0 Å². The van der Waals surface area contributed by atoms with Crippen LogP contribution < -0.4 is 11.1 Å². The molecule has 1 fully saturated rings. The number of hydrogen-bond donors (Lipinski definition) is 3. The molecule has 0 saturated carbocycles. The first-order valence-corrected chi connectivity index (χ1v) is 7.63. The minimum absolute atomic E-state index is 0.161. The molecule has 0 aromatic carbocycles. The Morgan fingerprint density at radius 1 is 1.48 bits per heavy atom. The van der Waals surface area contributed by atoms with Crippen LogP contribution in [-0.4, -0.2) is 47.7 Å². The van der Waals surface area contributed by atoms with Crippen molar-refractivity contribution in [2.75, 3.05) is 32.4 Å². The molecule has 0 aliphatic carbocycles. The average Bonchev–Trinajstić information content (AvgIpc) is 2.82. The molecule has 1 aliphatic heterocycles. The number of aromatic nitrogens is 2. The summed E-state index contributed by atoms with van der Waals surface area (Å²) in [6.45, 7) is 9.09. The summed E-state index contributed by atoms with van der Waals surface area (Å²) < 4.78 is 0. The van der Waals surface area contributed by atoms with Crippen molar-refractivity contribution in [3.8, 4) is 0 Å². The Morgan fingerprint density at radius 3 is 2.62 bits per heavy atom. The van der Waals surface area contributed by atoms with E-state index in [-0.39, 0.29) is 17.2 Å². The Hall–Kier alpha value is -1.56. The van der Waals surface area contributed by atoms with Crippen molar-refractivity contribution in [1.29, 1.82) is 0 Å². The lowest BCUT2D eigenvalue weighted by atomic mass is 9.80. The Kier molecular flexibility index (Phi) is 4.56. The first-order valence-electron chi connectivity index (χ1n) is 7.63. The standard InChI is InChI=1S/C15H27N5O/c1-10(2)12-11(16)13(19-18-12)14(21)17-9-15(3)5-7-20(4)8-6-15/h10H,5-9,16H2,1-4H3,(H,17,21)(H,18,19). The van der Waals surface area contributed by atoms with E-state index in [1.165, 1.54) is 0 Å². The summed E-state index contributed by atoms with van der Waals surface area (Å²) in [5.41, 5.74) is 7.77. The largest absolute Gasteiger partial charge is 0.395 e. The number of H-pyrrole nitrogens is 1. The summed E-state index contributed by atoms with van der Waals surface area (Å²) in [6, 6.07) is 0. The first kappa shape index (κ1) is 15.8. The molecule has 0 spiro atoms. The zero-order chi connectivity index (χ0) is 15.6. The number of piperidine rings is 1. The molecular formula is C15H27N5O. The van der Waals surface area contributed by atoms with Crippen LogP contribution in [0.5, 0.6) is 0 Å². The van der Waals surface area contributed by atoms with E-state index >= 15 is 0 Å². The SMILES string of the molecule is CC(C)c1[nH]nc(C(=O)NCC2(C)CCN(C)CC2)c1N. The minimum atomic E-state index is -0.184. The van der Waals surface area contributed by atoms with Crippen LogP contribution in [0.15, 0.2) is 0 Å². The molecule has 21 heavy (non-hydrogen) atoms. The number of hydrogen-bond acceptors (Lipinski definition) is 4. The molecule has 2 rings (SSSR count). The van der Waals surface area contributed by atoms with E-state index in [9.17, 15) is 4.79 Å². The molecule has 0 bridgehead atoms. The fourth-order valence-electron chi connectivity index (χ4n) is 2.69. The monoisotopic (exact) mass is 293 g/mol. The van der Waals surface area contributed by atoms with Gasteiger partial charge >= 0.3 is 0 Å². The van der Waals surface area contributed by atoms with Crippen molar-refractivity contribution in [3.05, 3.63) is 11.4 Å². The van der Waals surface area contributed by atoms with E-state index in [0.29, 0.717) is 17.9 Å². The number of nitrogens with one attached hydrogen (secondary N) is 2.